The summed E-state index contributed by atoms with van der Waals surface area (Å²) in [6.45, 7) is 3.80. The molecule has 0 atom stereocenters. The van der Waals surface area contributed by atoms with Crippen LogP contribution in [-0.4, -0.2) is 13.7 Å². The van der Waals surface area contributed by atoms with Crippen molar-refractivity contribution in [3.8, 4) is 22.9 Å². The van der Waals surface area contributed by atoms with E-state index >= 15 is 0 Å². The van der Waals surface area contributed by atoms with Crippen LogP contribution < -0.4 is 10.1 Å². The Morgan fingerprint density at radius 3 is 2.65 bits per heavy atom. The highest BCUT2D eigenvalue weighted by molar-refractivity contribution is 5.74. The fraction of sp³-hybridized carbons (Fsp3) is 0.235. The van der Waals surface area contributed by atoms with E-state index in [-0.39, 0.29) is 0 Å². The van der Waals surface area contributed by atoms with Crippen molar-refractivity contribution in [3.05, 3.63) is 53.6 Å². The molecular weight excluding hydrogens is 248 g/mol. The van der Waals surface area contributed by atoms with E-state index in [0.29, 0.717) is 5.56 Å². The number of nitriles is 1. The topological polar surface area (TPSA) is 45.0 Å². The molecular formula is C17H18N2O. The first kappa shape index (κ1) is 14.1. The number of nitrogens with one attached hydrogen (secondary N) is 1. The van der Waals surface area contributed by atoms with Crippen LogP contribution in [0.25, 0.3) is 11.1 Å². The van der Waals surface area contributed by atoms with Crippen LogP contribution in [-0.2, 0) is 6.54 Å². The van der Waals surface area contributed by atoms with Crippen molar-refractivity contribution in [2.75, 3.05) is 13.7 Å². The molecule has 0 amide bonds. The monoisotopic (exact) mass is 266 g/mol. The minimum atomic E-state index is 0.638. The van der Waals surface area contributed by atoms with Gasteiger partial charge in [0.1, 0.15) is 5.75 Å². The van der Waals surface area contributed by atoms with Crippen LogP contribution in [0.2, 0.25) is 0 Å². The van der Waals surface area contributed by atoms with Gasteiger partial charge in [-0.25, -0.2) is 0 Å². The van der Waals surface area contributed by atoms with E-state index in [4.69, 9.17) is 10.00 Å². The Bertz CT molecular complexity index is 629. The maximum Gasteiger partial charge on any atom is 0.126 e. The van der Waals surface area contributed by atoms with Crippen LogP contribution in [0.3, 0.4) is 0 Å². The standard InChI is InChI=1S/C17H18N2O/c1-3-19-12-14-6-4-5-7-15(14)16-10-13(11-18)8-9-17(16)20-2/h4-10,19H,3,12H2,1-2H3. The molecule has 3 heteroatoms. The largest absolute Gasteiger partial charge is 0.496 e. The molecule has 0 unspecified atom stereocenters. The molecule has 2 aromatic rings. The lowest BCUT2D eigenvalue weighted by molar-refractivity contribution is 0.416. The molecule has 20 heavy (non-hydrogen) atoms. The normalized spacial score (nSPS) is 10.1. The predicted molar refractivity (Wildman–Crippen MR) is 80.5 cm³/mol. The van der Waals surface area contributed by atoms with Crippen LogP contribution in [0.1, 0.15) is 18.1 Å². The van der Waals surface area contributed by atoms with E-state index < -0.39 is 0 Å². The van der Waals surface area contributed by atoms with Gasteiger partial charge in [0.2, 0.25) is 0 Å². The quantitative estimate of drug-likeness (QED) is 0.902. The Labute approximate surface area is 119 Å². The van der Waals surface area contributed by atoms with Gasteiger partial charge >= 0.3 is 0 Å². The fourth-order valence-corrected chi connectivity index (χ4v) is 2.18. The first-order valence-corrected chi connectivity index (χ1v) is 6.67. The van der Waals surface area contributed by atoms with Crippen molar-refractivity contribution in [2.24, 2.45) is 0 Å². The third-order valence-electron chi connectivity index (χ3n) is 3.20. The van der Waals surface area contributed by atoms with Crippen molar-refractivity contribution >= 4 is 0 Å². The molecule has 0 fully saturated rings. The maximum absolute atomic E-state index is 9.08. The van der Waals surface area contributed by atoms with E-state index in [1.165, 1.54) is 5.56 Å². The minimum absolute atomic E-state index is 0.638. The summed E-state index contributed by atoms with van der Waals surface area (Å²) in [7, 11) is 1.65. The van der Waals surface area contributed by atoms with Gasteiger partial charge in [0.25, 0.3) is 0 Å². The van der Waals surface area contributed by atoms with E-state index in [1.807, 2.05) is 24.3 Å². The van der Waals surface area contributed by atoms with Crippen LogP contribution in [0.4, 0.5) is 0 Å². The number of methoxy groups -OCH3 is 1. The van der Waals surface area contributed by atoms with Gasteiger partial charge < -0.3 is 10.1 Å². The van der Waals surface area contributed by atoms with Gasteiger partial charge in [-0.15, -0.1) is 0 Å². The zero-order valence-corrected chi connectivity index (χ0v) is 11.8. The van der Waals surface area contributed by atoms with Gasteiger partial charge in [0, 0.05) is 12.1 Å². The number of rotatable bonds is 5. The number of hydrogen-bond donors (Lipinski definition) is 1. The van der Waals surface area contributed by atoms with E-state index in [9.17, 15) is 0 Å². The Morgan fingerprint density at radius 2 is 1.95 bits per heavy atom. The molecule has 0 aliphatic carbocycles. The van der Waals surface area contributed by atoms with Crippen molar-refractivity contribution < 1.29 is 4.74 Å². The van der Waals surface area contributed by atoms with Gasteiger partial charge in [0.15, 0.2) is 0 Å². The predicted octanol–water partition coefficient (Wildman–Crippen LogP) is 3.34. The summed E-state index contributed by atoms with van der Waals surface area (Å²) < 4.78 is 5.43. The molecule has 3 nitrogen and oxygen atoms in total. The molecule has 0 heterocycles. The lowest BCUT2D eigenvalue weighted by Crippen LogP contribution is -2.12. The van der Waals surface area contributed by atoms with Crippen LogP contribution in [0, 0.1) is 11.3 Å². The van der Waals surface area contributed by atoms with Gasteiger partial charge in [-0.05, 0) is 35.9 Å². The Hall–Kier alpha value is -2.31. The number of benzene rings is 2. The molecule has 102 valence electrons. The molecule has 0 aromatic heterocycles. The Balaban J connectivity index is 2.52. The Morgan fingerprint density at radius 1 is 1.15 bits per heavy atom. The average Bonchev–Trinajstić information content (AvgIpc) is 2.52. The molecule has 0 aliphatic heterocycles. The summed E-state index contributed by atoms with van der Waals surface area (Å²) in [4.78, 5) is 0. The fourth-order valence-electron chi connectivity index (χ4n) is 2.18. The summed E-state index contributed by atoms with van der Waals surface area (Å²) in [5.74, 6) is 0.785. The molecule has 2 aromatic carbocycles. The van der Waals surface area contributed by atoms with Crippen molar-refractivity contribution in [3.63, 3.8) is 0 Å². The molecule has 0 aliphatic rings. The third-order valence-corrected chi connectivity index (χ3v) is 3.20. The van der Waals surface area contributed by atoms with Crippen molar-refractivity contribution in [1.82, 2.24) is 5.32 Å². The third kappa shape index (κ3) is 2.98. The lowest BCUT2D eigenvalue weighted by Gasteiger charge is -2.13. The average molecular weight is 266 g/mol. The summed E-state index contributed by atoms with van der Waals surface area (Å²) in [6, 6.07) is 15.9. The number of ether oxygens (including phenoxy) is 1. The first-order chi connectivity index (χ1) is 9.80. The smallest absolute Gasteiger partial charge is 0.126 e. The maximum atomic E-state index is 9.08. The van der Waals surface area contributed by atoms with E-state index in [2.05, 4.69) is 30.4 Å². The van der Waals surface area contributed by atoms with Gasteiger partial charge in [-0.1, -0.05) is 31.2 Å². The zero-order chi connectivity index (χ0) is 14.4. The molecule has 0 saturated heterocycles. The van der Waals surface area contributed by atoms with E-state index in [1.54, 1.807) is 13.2 Å². The van der Waals surface area contributed by atoms with Crippen molar-refractivity contribution in [1.29, 1.82) is 5.26 Å². The summed E-state index contributed by atoms with van der Waals surface area (Å²) in [5.41, 5.74) is 3.89. The van der Waals surface area contributed by atoms with E-state index in [0.717, 1.165) is 30.0 Å². The first-order valence-electron chi connectivity index (χ1n) is 6.67. The molecule has 2 rings (SSSR count). The van der Waals surface area contributed by atoms with Gasteiger partial charge in [0.05, 0.1) is 18.7 Å². The van der Waals surface area contributed by atoms with Gasteiger partial charge in [-0.3, -0.25) is 0 Å². The van der Waals surface area contributed by atoms with Gasteiger partial charge in [-0.2, -0.15) is 5.26 Å². The second kappa shape index (κ2) is 6.74. The minimum Gasteiger partial charge on any atom is -0.496 e. The summed E-state index contributed by atoms with van der Waals surface area (Å²) in [6.07, 6.45) is 0. The lowest BCUT2D eigenvalue weighted by atomic mass is 9.97. The highest BCUT2D eigenvalue weighted by Gasteiger charge is 2.10. The van der Waals surface area contributed by atoms with Crippen LogP contribution in [0.5, 0.6) is 5.75 Å². The highest BCUT2D eigenvalue weighted by Crippen LogP contribution is 2.33. The second-order valence-electron chi connectivity index (χ2n) is 4.46. The number of nitrogens with zero attached hydrogens (tertiary/aromatic N) is 1. The second-order valence-corrected chi connectivity index (χ2v) is 4.46. The highest BCUT2D eigenvalue weighted by atomic mass is 16.5. The summed E-state index contributed by atoms with van der Waals surface area (Å²) in [5, 5.41) is 12.4. The molecule has 0 bridgehead atoms. The van der Waals surface area contributed by atoms with Crippen LogP contribution >= 0.6 is 0 Å². The van der Waals surface area contributed by atoms with Crippen LogP contribution in [0.15, 0.2) is 42.5 Å². The zero-order valence-electron chi connectivity index (χ0n) is 11.8. The summed E-state index contributed by atoms with van der Waals surface area (Å²) >= 11 is 0. The SMILES string of the molecule is CCNCc1ccccc1-c1cc(C#N)ccc1OC. The molecule has 0 saturated carbocycles. The van der Waals surface area contributed by atoms with Crippen molar-refractivity contribution in [2.45, 2.75) is 13.5 Å². The number of hydrogen-bond acceptors (Lipinski definition) is 3. The molecule has 0 spiro atoms. The molecule has 1 N–H and O–H groups in total. The molecule has 0 radical (unpaired) electrons. The Kier molecular flexibility index (Phi) is 4.75.